The summed E-state index contributed by atoms with van der Waals surface area (Å²) in [6, 6.07) is 18.2. The number of amides is 4. The summed E-state index contributed by atoms with van der Waals surface area (Å²) < 4.78 is 30.0. The fourth-order valence-corrected chi connectivity index (χ4v) is 11.5. The molecule has 69 heavy (non-hydrogen) atoms. The van der Waals surface area contributed by atoms with E-state index in [0.29, 0.717) is 78.8 Å². The van der Waals surface area contributed by atoms with Gasteiger partial charge >= 0.3 is 5.97 Å². The van der Waals surface area contributed by atoms with E-state index in [2.05, 4.69) is 10.2 Å². The number of aromatic carboxylic acids is 1. The number of carbonyl (C=O) groups is 5. The number of benzene rings is 4. The molecule has 6 aromatic rings. The smallest absolute Gasteiger partial charge is 0.352 e. The molecule has 0 radical (unpaired) electrons. The maximum atomic E-state index is 14.0. The summed E-state index contributed by atoms with van der Waals surface area (Å²) in [5.41, 5.74) is 5.85. The van der Waals surface area contributed by atoms with E-state index in [0.717, 1.165) is 70.1 Å². The maximum absolute atomic E-state index is 14.0. The number of ether oxygens (including phenoxy) is 2. The molecule has 1 spiro atoms. The minimum atomic E-state index is -1.04. The number of aromatic nitrogens is 3. The molecule has 3 fully saturated rings. The van der Waals surface area contributed by atoms with Gasteiger partial charge in [0.25, 0.3) is 11.8 Å². The molecule has 10 rings (SSSR count). The third-order valence-electron chi connectivity index (χ3n) is 14.5. The Bertz CT molecular complexity index is 3100. The van der Waals surface area contributed by atoms with Crippen LogP contribution in [-0.4, -0.2) is 116 Å². The lowest BCUT2D eigenvalue weighted by molar-refractivity contribution is -0.141. The Morgan fingerprint density at radius 1 is 0.957 bits per heavy atom. The number of carboxylic acids is 1. The van der Waals surface area contributed by atoms with Gasteiger partial charge in [0.15, 0.2) is 6.61 Å². The van der Waals surface area contributed by atoms with Crippen LogP contribution in [0.3, 0.4) is 0 Å². The van der Waals surface area contributed by atoms with Gasteiger partial charge in [-0.1, -0.05) is 35.9 Å². The van der Waals surface area contributed by atoms with E-state index in [-0.39, 0.29) is 60.6 Å². The Kier molecular flexibility index (Phi) is 12.2. The molecule has 358 valence electrons. The average molecular weight is 958 g/mol. The van der Waals surface area contributed by atoms with Gasteiger partial charge in [0.05, 0.1) is 29.4 Å². The predicted molar refractivity (Wildman–Crippen MR) is 256 cm³/mol. The largest absolute Gasteiger partial charge is 0.493 e. The van der Waals surface area contributed by atoms with Crippen LogP contribution in [0.5, 0.6) is 11.5 Å². The number of hydrogen-bond acceptors (Lipinski definition) is 9. The molecule has 2 N–H and O–H groups in total. The molecule has 15 nitrogen and oxygen atoms in total. The van der Waals surface area contributed by atoms with Crippen LogP contribution in [0.4, 0.5) is 4.39 Å². The first-order valence-electron chi connectivity index (χ1n) is 23.5. The van der Waals surface area contributed by atoms with Crippen LogP contribution in [0.25, 0.3) is 32.8 Å². The predicted octanol–water partition coefficient (Wildman–Crippen LogP) is 7.08. The first-order chi connectivity index (χ1) is 33.2. The Balaban J connectivity index is 0.834. The van der Waals surface area contributed by atoms with Crippen molar-refractivity contribution in [2.45, 2.75) is 71.5 Å². The van der Waals surface area contributed by atoms with Crippen LogP contribution >= 0.6 is 11.6 Å². The third kappa shape index (κ3) is 8.47. The standard InChI is InChI=1S/C52H53ClFN7O8/c1-30-45(31(2)57(3)56-30)46-39(53)16-15-36-35(10-6-23-68-41-11-4-8-32-24-33(54)13-14-34(32)41)48(51(66)67)60(47(36)46)22-21-58-27-52(28-58)19-7-20-59(29-52)44(63)26-69-42-12-5-9-37-38(42)25-61(50(37)65)40-17-18-43(62)55-49(40)64/h4-5,8-9,11-16,24,40H,6-7,10,17-23,25-29H2,1-3H3,(H,66,67)(H,55,62,64). The SMILES string of the molecule is Cc1nn(C)c(C)c1-c1c(Cl)ccc2c(CCCOc3cccc4cc(F)ccc34)c(C(=O)O)n(CCN3CC4(CCCN(C(=O)COc5cccc6c5CN(C5CCC(=O)NC5=O)C6=O)C4)C3)c12. The molecular formula is C52H53ClFN7O8. The highest BCUT2D eigenvalue weighted by molar-refractivity contribution is 6.35. The summed E-state index contributed by atoms with van der Waals surface area (Å²) in [5.74, 6) is -1.63. The summed E-state index contributed by atoms with van der Waals surface area (Å²) in [7, 11) is 1.88. The number of carboxylic acid groups (broad SMARTS) is 1. The van der Waals surface area contributed by atoms with E-state index in [1.807, 2.05) is 65.4 Å². The van der Waals surface area contributed by atoms with Crippen LogP contribution < -0.4 is 14.8 Å². The zero-order valence-corrected chi connectivity index (χ0v) is 39.5. The fraction of sp³-hybridized carbons (Fsp3) is 0.385. The second-order valence-corrected chi connectivity index (χ2v) is 19.4. The van der Waals surface area contributed by atoms with Gasteiger partial charge in [-0.3, -0.25) is 29.2 Å². The van der Waals surface area contributed by atoms with Crippen LogP contribution in [0, 0.1) is 25.1 Å². The quantitative estimate of drug-likeness (QED) is 0.0851. The fourth-order valence-electron chi connectivity index (χ4n) is 11.3. The number of nitrogens with zero attached hydrogens (tertiary/aromatic N) is 6. The molecule has 4 aliphatic heterocycles. The van der Waals surface area contributed by atoms with Crippen LogP contribution in [0.15, 0.2) is 66.7 Å². The van der Waals surface area contributed by atoms with E-state index in [1.54, 1.807) is 24.3 Å². The number of halogens is 2. The molecule has 2 aromatic heterocycles. The Morgan fingerprint density at radius 3 is 2.51 bits per heavy atom. The Labute approximate surface area is 402 Å². The summed E-state index contributed by atoms with van der Waals surface area (Å²) in [6.07, 6.45) is 3.12. The minimum absolute atomic E-state index is 0.118. The summed E-state index contributed by atoms with van der Waals surface area (Å²) in [5, 5.41) is 20.9. The molecule has 1 atom stereocenters. The zero-order chi connectivity index (χ0) is 48.3. The molecule has 17 heteroatoms. The summed E-state index contributed by atoms with van der Waals surface area (Å²) in [4.78, 5) is 70.6. The van der Waals surface area contributed by atoms with Gasteiger partial charge in [0.2, 0.25) is 11.8 Å². The van der Waals surface area contributed by atoms with E-state index in [4.69, 9.17) is 26.2 Å². The van der Waals surface area contributed by atoms with Crippen LogP contribution in [0.1, 0.15) is 75.5 Å². The molecule has 4 aromatic carbocycles. The number of nitrogens with one attached hydrogen (secondary N) is 1. The van der Waals surface area contributed by atoms with Gasteiger partial charge in [0, 0.05) is 96.9 Å². The molecule has 1 unspecified atom stereocenters. The first kappa shape index (κ1) is 46.0. The molecule has 0 bridgehead atoms. The van der Waals surface area contributed by atoms with Crippen molar-refractivity contribution in [1.82, 2.24) is 34.4 Å². The highest BCUT2D eigenvalue weighted by Gasteiger charge is 2.47. The molecule has 6 heterocycles. The lowest BCUT2D eigenvalue weighted by atomic mass is 9.73. The first-order valence-corrected chi connectivity index (χ1v) is 23.9. The number of carbonyl (C=O) groups excluding carboxylic acids is 4. The maximum Gasteiger partial charge on any atom is 0.352 e. The molecule has 0 aliphatic carbocycles. The van der Waals surface area contributed by atoms with Gasteiger partial charge in [-0.15, -0.1) is 0 Å². The molecule has 0 saturated carbocycles. The Morgan fingerprint density at radius 2 is 1.74 bits per heavy atom. The normalized spacial score (nSPS) is 18.0. The van der Waals surface area contributed by atoms with E-state index >= 15 is 0 Å². The highest BCUT2D eigenvalue weighted by Crippen LogP contribution is 2.44. The van der Waals surface area contributed by atoms with Gasteiger partial charge in [-0.25, -0.2) is 9.18 Å². The van der Waals surface area contributed by atoms with Gasteiger partial charge in [0.1, 0.15) is 29.1 Å². The number of rotatable bonds is 14. The number of aryl methyl sites for hydroxylation is 3. The van der Waals surface area contributed by atoms with Gasteiger partial charge < -0.3 is 33.8 Å². The second kappa shape index (κ2) is 18.3. The second-order valence-electron chi connectivity index (χ2n) is 18.9. The lowest BCUT2D eigenvalue weighted by Crippen LogP contribution is -2.64. The minimum Gasteiger partial charge on any atom is -0.493 e. The molecule has 4 aliphatic rings. The number of fused-ring (bicyclic) bond motifs is 3. The number of hydrogen-bond donors (Lipinski definition) is 2. The lowest BCUT2D eigenvalue weighted by Gasteiger charge is -2.54. The van der Waals surface area contributed by atoms with E-state index in [1.165, 1.54) is 17.0 Å². The van der Waals surface area contributed by atoms with Gasteiger partial charge in [-0.2, -0.15) is 5.10 Å². The summed E-state index contributed by atoms with van der Waals surface area (Å²) in [6.45, 7) is 7.75. The number of imide groups is 1. The molecule has 4 amide bonds. The number of likely N-dealkylation sites (tertiary alicyclic amines) is 2. The van der Waals surface area contributed by atoms with Crippen LogP contribution in [-0.2, 0) is 40.9 Å². The van der Waals surface area contributed by atoms with Crippen molar-refractivity contribution in [3.05, 3.63) is 111 Å². The van der Waals surface area contributed by atoms with Crippen LogP contribution in [0.2, 0.25) is 5.02 Å². The molecular weight excluding hydrogens is 905 g/mol. The van der Waals surface area contributed by atoms with Crippen molar-refractivity contribution in [2.24, 2.45) is 12.5 Å². The summed E-state index contributed by atoms with van der Waals surface area (Å²) >= 11 is 7.09. The Hall–Kier alpha value is -6.78. The van der Waals surface area contributed by atoms with Crippen molar-refractivity contribution >= 4 is 62.9 Å². The topological polar surface area (TPSA) is 169 Å². The van der Waals surface area contributed by atoms with Crippen molar-refractivity contribution in [3.63, 3.8) is 0 Å². The van der Waals surface area contributed by atoms with Crippen molar-refractivity contribution in [2.75, 3.05) is 45.9 Å². The average Bonchev–Trinajstić information content (AvgIpc) is 3.91. The van der Waals surface area contributed by atoms with E-state index in [9.17, 15) is 33.5 Å². The van der Waals surface area contributed by atoms with E-state index < -0.39 is 17.9 Å². The van der Waals surface area contributed by atoms with Crippen molar-refractivity contribution in [1.29, 1.82) is 0 Å². The third-order valence-corrected chi connectivity index (χ3v) is 14.8. The number of piperidine rings is 2. The highest BCUT2D eigenvalue weighted by atomic mass is 35.5. The zero-order valence-electron chi connectivity index (χ0n) is 38.8. The van der Waals surface area contributed by atoms with Gasteiger partial charge in [-0.05, 0) is 99.4 Å². The van der Waals surface area contributed by atoms with Crippen molar-refractivity contribution in [3.8, 4) is 22.6 Å². The molecule has 3 saturated heterocycles. The van der Waals surface area contributed by atoms with Crippen molar-refractivity contribution < 1.29 is 42.9 Å². The monoisotopic (exact) mass is 957 g/mol.